The van der Waals surface area contributed by atoms with Gasteiger partial charge in [-0.3, -0.25) is 5.32 Å². The molecule has 1 aliphatic rings. The van der Waals surface area contributed by atoms with Gasteiger partial charge in [-0.15, -0.1) is 11.3 Å². The van der Waals surface area contributed by atoms with Crippen LogP contribution in [0.15, 0.2) is 0 Å². The van der Waals surface area contributed by atoms with Gasteiger partial charge in [0, 0.05) is 10.9 Å². The molecule has 17 heavy (non-hydrogen) atoms. The lowest BCUT2D eigenvalue weighted by Crippen LogP contribution is -2.45. The molecule has 0 saturated heterocycles. The quantitative estimate of drug-likeness (QED) is 0.903. The summed E-state index contributed by atoms with van der Waals surface area (Å²) in [7, 11) is 0. The molecule has 1 atom stereocenters. The van der Waals surface area contributed by atoms with E-state index in [-0.39, 0.29) is 18.9 Å². The Balaban J connectivity index is 2.13. The van der Waals surface area contributed by atoms with E-state index < -0.39 is 11.7 Å². The normalized spacial score (nSPS) is 20.4. The lowest BCUT2D eigenvalue weighted by atomic mass is 10.1. The van der Waals surface area contributed by atoms with Crippen LogP contribution in [-0.2, 0) is 0 Å². The number of nitrogens with zero attached hydrogens (tertiary/aromatic N) is 1. The second kappa shape index (κ2) is 3.95. The van der Waals surface area contributed by atoms with E-state index >= 15 is 0 Å². The second-order valence-electron chi connectivity index (χ2n) is 4.63. The van der Waals surface area contributed by atoms with E-state index in [0.29, 0.717) is 0 Å². The Morgan fingerprint density at radius 3 is 2.29 bits per heavy atom. The highest BCUT2D eigenvalue weighted by Gasteiger charge is 2.63. The van der Waals surface area contributed by atoms with Crippen molar-refractivity contribution in [2.24, 2.45) is 0 Å². The number of aromatic nitrogens is 1. The van der Waals surface area contributed by atoms with Crippen molar-refractivity contribution in [1.29, 1.82) is 0 Å². The monoisotopic (exact) mass is 264 g/mol. The minimum Gasteiger partial charge on any atom is -0.296 e. The summed E-state index contributed by atoms with van der Waals surface area (Å²) in [6.07, 6.45) is -3.80. The number of nitrogens with one attached hydrogen (secondary N) is 1. The van der Waals surface area contributed by atoms with Crippen LogP contribution in [0.4, 0.5) is 13.2 Å². The van der Waals surface area contributed by atoms with Crippen molar-refractivity contribution in [3.05, 3.63) is 15.6 Å². The first-order valence-electron chi connectivity index (χ1n) is 5.53. The third-order valence-corrected chi connectivity index (χ3v) is 4.37. The van der Waals surface area contributed by atoms with Gasteiger partial charge in [0.15, 0.2) is 0 Å². The largest absolute Gasteiger partial charge is 0.406 e. The fourth-order valence-corrected chi connectivity index (χ4v) is 2.99. The molecule has 1 unspecified atom stereocenters. The lowest BCUT2D eigenvalue weighted by Gasteiger charge is -2.24. The summed E-state index contributed by atoms with van der Waals surface area (Å²) in [5.41, 5.74) is -0.831. The van der Waals surface area contributed by atoms with E-state index in [1.165, 1.54) is 11.3 Å². The first-order chi connectivity index (χ1) is 7.75. The summed E-state index contributed by atoms with van der Waals surface area (Å²) in [4.78, 5) is 5.14. The predicted molar refractivity (Wildman–Crippen MR) is 61.2 cm³/mol. The number of rotatable bonds is 3. The van der Waals surface area contributed by atoms with E-state index in [1.807, 2.05) is 13.8 Å². The lowest BCUT2D eigenvalue weighted by molar-refractivity contribution is -0.167. The van der Waals surface area contributed by atoms with Gasteiger partial charge in [-0.25, -0.2) is 4.98 Å². The molecule has 1 aliphatic carbocycles. The Morgan fingerprint density at radius 2 is 1.94 bits per heavy atom. The minimum atomic E-state index is -4.16. The topological polar surface area (TPSA) is 24.9 Å². The number of halogens is 3. The molecular weight excluding hydrogens is 249 g/mol. The molecule has 1 aromatic rings. The zero-order valence-electron chi connectivity index (χ0n) is 9.98. The van der Waals surface area contributed by atoms with Crippen LogP contribution in [0.3, 0.4) is 0 Å². The Kier molecular flexibility index (Phi) is 2.98. The fraction of sp³-hybridized carbons (Fsp3) is 0.727. The van der Waals surface area contributed by atoms with Crippen LogP contribution < -0.4 is 5.32 Å². The van der Waals surface area contributed by atoms with Crippen molar-refractivity contribution in [2.75, 3.05) is 0 Å². The average molecular weight is 264 g/mol. The van der Waals surface area contributed by atoms with E-state index in [2.05, 4.69) is 10.3 Å². The Hall–Kier alpha value is -0.620. The molecule has 0 aromatic carbocycles. The maximum absolute atomic E-state index is 12.8. The summed E-state index contributed by atoms with van der Waals surface area (Å²) in [5, 5.41) is 3.61. The summed E-state index contributed by atoms with van der Waals surface area (Å²) >= 11 is 1.46. The highest BCUT2D eigenvalue weighted by molar-refractivity contribution is 7.11. The summed E-state index contributed by atoms with van der Waals surface area (Å²) < 4.78 is 38.4. The highest BCUT2D eigenvalue weighted by Crippen LogP contribution is 2.50. The molecule has 1 aromatic heterocycles. The Bertz CT molecular complexity index is 421. The van der Waals surface area contributed by atoms with Crippen molar-refractivity contribution in [3.8, 4) is 0 Å². The fourth-order valence-electron chi connectivity index (χ4n) is 2.06. The van der Waals surface area contributed by atoms with Crippen LogP contribution in [-0.4, -0.2) is 16.7 Å². The average Bonchev–Trinajstić information content (AvgIpc) is 2.86. The minimum absolute atomic E-state index is 0.178. The smallest absolute Gasteiger partial charge is 0.296 e. The van der Waals surface area contributed by atoms with Gasteiger partial charge in [-0.2, -0.15) is 13.2 Å². The maximum Gasteiger partial charge on any atom is 0.406 e. The van der Waals surface area contributed by atoms with Gasteiger partial charge in [-0.1, -0.05) is 0 Å². The molecule has 0 bridgehead atoms. The molecular formula is C11H15F3N2S. The van der Waals surface area contributed by atoms with Gasteiger partial charge in [0.05, 0.1) is 10.7 Å². The molecule has 1 fully saturated rings. The molecule has 1 N–H and O–H groups in total. The number of thiazole rings is 1. The first-order valence-corrected chi connectivity index (χ1v) is 6.35. The molecule has 2 rings (SSSR count). The van der Waals surface area contributed by atoms with Gasteiger partial charge in [0.1, 0.15) is 5.54 Å². The summed E-state index contributed by atoms with van der Waals surface area (Å²) in [6, 6.07) is -0.301. The van der Waals surface area contributed by atoms with E-state index in [1.54, 1.807) is 6.92 Å². The summed E-state index contributed by atoms with van der Waals surface area (Å²) in [6.45, 7) is 5.47. The molecule has 1 saturated carbocycles. The van der Waals surface area contributed by atoms with Gasteiger partial charge in [0.2, 0.25) is 0 Å². The molecule has 0 aliphatic heterocycles. The van der Waals surface area contributed by atoms with Crippen molar-refractivity contribution in [2.45, 2.75) is 51.4 Å². The van der Waals surface area contributed by atoms with E-state index in [0.717, 1.165) is 15.6 Å². The van der Waals surface area contributed by atoms with Crippen LogP contribution in [0.25, 0.3) is 0 Å². The van der Waals surface area contributed by atoms with Crippen LogP contribution in [0, 0.1) is 13.8 Å². The standard InChI is InChI=1S/C11H15F3N2S/c1-6-9(17-8(3)15-6)7(2)16-10(4-5-10)11(12,13)14/h7,16H,4-5H2,1-3H3. The van der Waals surface area contributed by atoms with Gasteiger partial charge in [-0.05, 0) is 33.6 Å². The SMILES string of the molecule is Cc1nc(C)c(C(C)NC2(C(F)(F)F)CC2)s1. The molecule has 0 radical (unpaired) electrons. The number of hydrogen-bond donors (Lipinski definition) is 1. The van der Waals surface area contributed by atoms with Crippen molar-refractivity contribution < 1.29 is 13.2 Å². The van der Waals surface area contributed by atoms with Crippen molar-refractivity contribution >= 4 is 11.3 Å². The molecule has 1 heterocycles. The zero-order valence-corrected chi connectivity index (χ0v) is 10.8. The molecule has 0 amide bonds. The van der Waals surface area contributed by atoms with Crippen LogP contribution in [0.5, 0.6) is 0 Å². The Morgan fingerprint density at radius 1 is 1.35 bits per heavy atom. The molecule has 6 heteroatoms. The molecule has 2 nitrogen and oxygen atoms in total. The maximum atomic E-state index is 12.8. The number of aryl methyl sites for hydroxylation is 2. The van der Waals surface area contributed by atoms with Crippen molar-refractivity contribution in [1.82, 2.24) is 10.3 Å². The first kappa shape index (κ1) is 12.8. The molecule has 0 spiro atoms. The zero-order chi connectivity index (χ0) is 12.8. The third kappa shape index (κ3) is 2.33. The second-order valence-corrected chi connectivity index (χ2v) is 5.86. The molecule has 96 valence electrons. The van der Waals surface area contributed by atoms with Gasteiger partial charge in [0.25, 0.3) is 0 Å². The van der Waals surface area contributed by atoms with Crippen LogP contribution in [0.2, 0.25) is 0 Å². The van der Waals surface area contributed by atoms with E-state index in [9.17, 15) is 13.2 Å². The van der Waals surface area contributed by atoms with Crippen molar-refractivity contribution in [3.63, 3.8) is 0 Å². The van der Waals surface area contributed by atoms with Gasteiger partial charge >= 0.3 is 6.18 Å². The van der Waals surface area contributed by atoms with Crippen LogP contribution in [0.1, 0.15) is 41.4 Å². The number of alkyl halides is 3. The van der Waals surface area contributed by atoms with E-state index in [4.69, 9.17) is 0 Å². The number of hydrogen-bond acceptors (Lipinski definition) is 3. The highest BCUT2D eigenvalue weighted by atomic mass is 32.1. The summed E-state index contributed by atoms with van der Waals surface area (Å²) in [5.74, 6) is 0. The Labute approximate surface area is 102 Å². The third-order valence-electron chi connectivity index (χ3n) is 3.12. The van der Waals surface area contributed by atoms with Gasteiger partial charge < -0.3 is 0 Å². The van der Waals surface area contributed by atoms with Crippen LogP contribution >= 0.6 is 11.3 Å². The predicted octanol–water partition coefficient (Wildman–Crippen LogP) is 3.51.